The third kappa shape index (κ3) is 5.64. The van der Waals surface area contributed by atoms with Gasteiger partial charge in [-0.15, -0.1) is 0 Å². The van der Waals surface area contributed by atoms with Crippen LogP contribution in [0, 0.1) is 11.7 Å². The maximum atomic E-state index is 13.1. The van der Waals surface area contributed by atoms with E-state index in [2.05, 4.69) is 15.5 Å². The summed E-state index contributed by atoms with van der Waals surface area (Å²) >= 11 is 0. The van der Waals surface area contributed by atoms with E-state index in [4.69, 9.17) is 0 Å². The number of benzene rings is 2. The Kier molecular flexibility index (Phi) is 6.99. The fourth-order valence-electron chi connectivity index (χ4n) is 3.67. The summed E-state index contributed by atoms with van der Waals surface area (Å²) < 4.78 is 13.1. The van der Waals surface area contributed by atoms with Crippen LogP contribution in [0.3, 0.4) is 0 Å². The number of nitrogens with zero attached hydrogens (tertiary/aromatic N) is 1. The second kappa shape index (κ2) is 9.65. The molecule has 1 aliphatic rings. The first kappa shape index (κ1) is 21.0. The number of carbonyl (C=O) groups excluding carboxylic acids is 2. The van der Waals surface area contributed by atoms with Crippen LogP contribution >= 0.6 is 0 Å². The van der Waals surface area contributed by atoms with Crippen LogP contribution in [0.1, 0.15) is 38.3 Å². The Labute approximate surface area is 171 Å². The maximum absolute atomic E-state index is 13.1. The molecule has 2 aromatic carbocycles. The fraction of sp³-hybridized carbons (Fsp3) is 0.391. The Morgan fingerprint density at radius 1 is 1.07 bits per heavy atom. The molecule has 0 bridgehead atoms. The smallest absolute Gasteiger partial charge is 0.237 e. The van der Waals surface area contributed by atoms with Crippen molar-refractivity contribution in [2.24, 2.45) is 5.92 Å². The molecule has 29 heavy (non-hydrogen) atoms. The molecule has 0 aromatic heterocycles. The second-order valence-corrected chi connectivity index (χ2v) is 7.65. The number of para-hydroxylation sites is 1. The van der Waals surface area contributed by atoms with Gasteiger partial charge in [0.1, 0.15) is 5.82 Å². The van der Waals surface area contributed by atoms with E-state index < -0.39 is 0 Å². The van der Waals surface area contributed by atoms with Gasteiger partial charge in [-0.1, -0.05) is 30.3 Å². The SMILES string of the molecule is C[C@H](NC(=O)[C@@H](C)N1CCC[C@H](C(=O)Nc2ccccc2)C1)c1ccc(F)cc1. The van der Waals surface area contributed by atoms with Gasteiger partial charge in [-0.2, -0.15) is 0 Å². The first-order valence-electron chi connectivity index (χ1n) is 10.1. The zero-order valence-electron chi connectivity index (χ0n) is 16.9. The van der Waals surface area contributed by atoms with Gasteiger partial charge >= 0.3 is 0 Å². The summed E-state index contributed by atoms with van der Waals surface area (Å²) in [6.07, 6.45) is 1.69. The molecule has 0 saturated carbocycles. The average Bonchev–Trinajstić information content (AvgIpc) is 2.74. The normalized spacial score (nSPS) is 19.2. The highest BCUT2D eigenvalue weighted by atomic mass is 19.1. The Hall–Kier alpha value is -2.73. The predicted molar refractivity (Wildman–Crippen MR) is 112 cm³/mol. The highest BCUT2D eigenvalue weighted by Gasteiger charge is 2.31. The molecule has 0 aliphatic carbocycles. The molecule has 0 spiro atoms. The molecule has 1 saturated heterocycles. The van der Waals surface area contributed by atoms with Crippen molar-refractivity contribution in [1.29, 1.82) is 0 Å². The van der Waals surface area contributed by atoms with Gasteiger partial charge in [0.15, 0.2) is 0 Å². The van der Waals surface area contributed by atoms with Gasteiger partial charge in [0, 0.05) is 12.2 Å². The zero-order valence-corrected chi connectivity index (χ0v) is 16.9. The second-order valence-electron chi connectivity index (χ2n) is 7.65. The van der Waals surface area contributed by atoms with Crippen LogP contribution < -0.4 is 10.6 Å². The quantitative estimate of drug-likeness (QED) is 0.781. The molecule has 3 rings (SSSR count). The number of amides is 2. The minimum Gasteiger partial charge on any atom is -0.348 e. The Balaban J connectivity index is 1.55. The summed E-state index contributed by atoms with van der Waals surface area (Å²) in [5, 5.41) is 5.95. The summed E-state index contributed by atoms with van der Waals surface area (Å²) in [6, 6.07) is 15.0. The molecule has 0 unspecified atom stereocenters. The van der Waals surface area contributed by atoms with E-state index in [0.717, 1.165) is 30.6 Å². The third-order valence-corrected chi connectivity index (χ3v) is 5.52. The van der Waals surface area contributed by atoms with Crippen molar-refractivity contribution in [3.8, 4) is 0 Å². The number of likely N-dealkylation sites (tertiary alicyclic amines) is 1. The molecule has 2 N–H and O–H groups in total. The maximum Gasteiger partial charge on any atom is 0.237 e. The summed E-state index contributed by atoms with van der Waals surface area (Å²) in [5.74, 6) is -0.540. The number of carbonyl (C=O) groups is 2. The van der Waals surface area contributed by atoms with Crippen molar-refractivity contribution in [2.45, 2.75) is 38.8 Å². The highest BCUT2D eigenvalue weighted by molar-refractivity contribution is 5.92. The molecule has 1 aliphatic heterocycles. The highest BCUT2D eigenvalue weighted by Crippen LogP contribution is 2.21. The van der Waals surface area contributed by atoms with Gasteiger partial charge in [0.2, 0.25) is 11.8 Å². The van der Waals surface area contributed by atoms with Crippen molar-refractivity contribution < 1.29 is 14.0 Å². The van der Waals surface area contributed by atoms with Crippen LogP contribution in [0.2, 0.25) is 0 Å². The Bertz CT molecular complexity index is 826. The zero-order chi connectivity index (χ0) is 20.8. The number of piperidine rings is 1. The van der Waals surface area contributed by atoms with Crippen molar-refractivity contribution in [3.63, 3.8) is 0 Å². The summed E-state index contributed by atoms with van der Waals surface area (Å²) in [7, 11) is 0. The van der Waals surface area contributed by atoms with Gasteiger partial charge in [-0.3, -0.25) is 14.5 Å². The van der Waals surface area contributed by atoms with Crippen LogP contribution in [0.5, 0.6) is 0 Å². The lowest BCUT2D eigenvalue weighted by atomic mass is 9.95. The monoisotopic (exact) mass is 397 g/mol. The van der Waals surface area contributed by atoms with Crippen molar-refractivity contribution >= 4 is 17.5 Å². The number of anilines is 1. The van der Waals surface area contributed by atoms with Gasteiger partial charge in [0.05, 0.1) is 18.0 Å². The summed E-state index contributed by atoms with van der Waals surface area (Å²) in [4.78, 5) is 27.4. The minimum absolute atomic E-state index is 0.00631. The van der Waals surface area contributed by atoms with Gasteiger partial charge in [0.25, 0.3) is 0 Å². The van der Waals surface area contributed by atoms with Gasteiger partial charge in [-0.05, 0) is 63.1 Å². The van der Waals surface area contributed by atoms with Crippen LogP contribution in [-0.4, -0.2) is 35.8 Å². The minimum atomic E-state index is -0.342. The number of hydrogen-bond acceptors (Lipinski definition) is 3. The lowest BCUT2D eigenvalue weighted by Gasteiger charge is -2.35. The Morgan fingerprint density at radius 3 is 2.45 bits per heavy atom. The van der Waals surface area contributed by atoms with Crippen molar-refractivity contribution in [2.75, 3.05) is 18.4 Å². The van der Waals surface area contributed by atoms with Crippen molar-refractivity contribution in [3.05, 3.63) is 66.0 Å². The lowest BCUT2D eigenvalue weighted by Crippen LogP contribution is -2.51. The summed E-state index contributed by atoms with van der Waals surface area (Å²) in [5.41, 5.74) is 1.64. The van der Waals surface area contributed by atoms with E-state index in [9.17, 15) is 14.0 Å². The van der Waals surface area contributed by atoms with Crippen LogP contribution in [0.4, 0.5) is 10.1 Å². The van der Waals surface area contributed by atoms with Crippen LogP contribution in [0.15, 0.2) is 54.6 Å². The Morgan fingerprint density at radius 2 is 1.76 bits per heavy atom. The number of nitrogens with one attached hydrogen (secondary N) is 2. The molecule has 5 nitrogen and oxygen atoms in total. The number of rotatable bonds is 6. The molecular formula is C23H28FN3O2. The largest absolute Gasteiger partial charge is 0.348 e. The van der Waals surface area contributed by atoms with Crippen molar-refractivity contribution in [1.82, 2.24) is 10.2 Å². The van der Waals surface area contributed by atoms with Gasteiger partial charge in [-0.25, -0.2) is 4.39 Å². The van der Waals surface area contributed by atoms with E-state index in [1.165, 1.54) is 12.1 Å². The molecule has 1 heterocycles. The van der Waals surface area contributed by atoms with E-state index in [-0.39, 0.29) is 35.6 Å². The molecule has 0 radical (unpaired) electrons. The predicted octanol–water partition coefficient (Wildman–Crippen LogP) is 3.74. The average molecular weight is 397 g/mol. The first-order chi connectivity index (χ1) is 13.9. The summed E-state index contributed by atoms with van der Waals surface area (Å²) in [6.45, 7) is 5.08. The lowest BCUT2D eigenvalue weighted by molar-refractivity contribution is -0.129. The molecule has 154 valence electrons. The standard InChI is InChI=1S/C23H28FN3O2/c1-16(18-10-12-20(24)13-11-18)25-22(28)17(2)27-14-6-7-19(15-27)23(29)26-21-8-4-3-5-9-21/h3-5,8-13,16-17,19H,6-7,14-15H2,1-2H3,(H,25,28)(H,26,29)/t16-,17+,19-/m0/s1. The molecule has 3 atom stereocenters. The molecule has 6 heteroatoms. The third-order valence-electron chi connectivity index (χ3n) is 5.52. The van der Waals surface area contributed by atoms with E-state index in [0.29, 0.717) is 6.54 Å². The first-order valence-corrected chi connectivity index (χ1v) is 10.1. The number of hydrogen-bond donors (Lipinski definition) is 2. The van der Waals surface area contributed by atoms with E-state index in [1.807, 2.05) is 44.2 Å². The molecule has 2 amide bonds. The fourth-order valence-corrected chi connectivity index (χ4v) is 3.67. The molecule has 2 aromatic rings. The topological polar surface area (TPSA) is 61.4 Å². The molecular weight excluding hydrogens is 369 g/mol. The van der Waals surface area contributed by atoms with Gasteiger partial charge < -0.3 is 10.6 Å². The number of halogens is 1. The van der Waals surface area contributed by atoms with Crippen LogP contribution in [0.25, 0.3) is 0 Å². The van der Waals surface area contributed by atoms with E-state index in [1.54, 1.807) is 12.1 Å². The van der Waals surface area contributed by atoms with Crippen LogP contribution in [-0.2, 0) is 9.59 Å². The molecule has 1 fully saturated rings. The van der Waals surface area contributed by atoms with E-state index >= 15 is 0 Å².